The molecule has 1 N–H and O–H groups in total. The minimum atomic E-state index is -0.785. The highest BCUT2D eigenvalue weighted by molar-refractivity contribution is 5.63. The third kappa shape index (κ3) is 4.71. The molecular formula is C26H27N3O. The fourth-order valence-corrected chi connectivity index (χ4v) is 4.05. The number of hydrogen-bond donors (Lipinski definition) is 1. The summed E-state index contributed by atoms with van der Waals surface area (Å²) in [6.45, 7) is 4.24. The third-order valence-corrected chi connectivity index (χ3v) is 5.85. The Morgan fingerprint density at radius 3 is 1.93 bits per heavy atom. The van der Waals surface area contributed by atoms with Gasteiger partial charge in [0, 0.05) is 38.4 Å². The van der Waals surface area contributed by atoms with Crippen molar-refractivity contribution in [1.29, 1.82) is 5.26 Å². The zero-order valence-electron chi connectivity index (χ0n) is 17.1. The number of anilines is 1. The molecule has 4 nitrogen and oxygen atoms in total. The molecule has 3 aromatic carbocycles. The molecule has 0 radical (unpaired) electrons. The van der Waals surface area contributed by atoms with Gasteiger partial charge in [0.05, 0.1) is 18.1 Å². The summed E-state index contributed by atoms with van der Waals surface area (Å²) in [6, 6.07) is 30.8. The summed E-state index contributed by atoms with van der Waals surface area (Å²) in [7, 11) is 0. The number of nitriles is 1. The van der Waals surface area contributed by atoms with Crippen LogP contribution in [0, 0.1) is 17.2 Å². The molecule has 0 amide bonds. The Bertz CT molecular complexity index is 959. The molecular weight excluding hydrogens is 370 g/mol. The van der Waals surface area contributed by atoms with E-state index in [1.54, 1.807) is 0 Å². The number of para-hydroxylation sites is 1. The van der Waals surface area contributed by atoms with E-state index in [9.17, 15) is 10.4 Å². The number of aliphatic hydroxyl groups is 1. The van der Waals surface area contributed by atoms with Gasteiger partial charge in [-0.25, -0.2) is 0 Å². The van der Waals surface area contributed by atoms with Gasteiger partial charge in [-0.3, -0.25) is 4.90 Å². The van der Waals surface area contributed by atoms with E-state index in [-0.39, 0.29) is 0 Å². The van der Waals surface area contributed by atoms with Gasteiger partial charge in [-0.15, -0.1) is 0 Å². The first kappa shape index (κ1) is 20.2. The highest BCUT2D eigenvalue weighted by Crippen LogP contribution is 2.27. The zero-order chi connectivity index (χ0) is 20.8. The molecule has 2 atom stereocenters. The molecule has 30 heavy (non-hydrogen) atoms. The minimum Gasteiger partial charge on any atom is -0.387 e. The van der Waals surface area contributed by atoms with E-state index in [0.29, 0.717) is 6.54 Å². The van der Waals surface area contributed by atoms with Crippen LogP contribution < -0.4 is 4.90 Å². The lowest BCUT2D eigenvalue weighted by Gasteiger charge is -2.37. The van der Waals surface area contributed by atoms with E-state index < -0.39 is 12.0 Å². The Morgan fingerprint density at radius 1 is 0.767 bits per heavy atom. The smallest absolute Gasteiger partial charge is 0.0960 e. The third-order valence-electron chi connectivity index (χ3n) is 5.85. The molecule has 1 heterocycles. The predicted molar refractivity (Wildman–Crippen MR) is 121 cm³/mol. The number of benzene rings is 3. The molecule has 0 spiro atoms. The average Bonchev–Trinajstić information content (AvgIpc) is 2.84. The van der Waals surface area contributed by atoms with Gasteiger partial charge in [-0.1, -0.05) is 72.8 Å². The van der Waals surface area contributed by atoms with Crippen LogP contribution in [0.3, 0.4) is 0 Å². The van der Waals surface area contributed by atoms with Crippen molar-refractivity contribution >= 4 is 5.69 Å². The standard InChI is InChI=1S/C26H27N3O/c27-19-24(20-28-15-17-29(18-16-28)25-9-5-2-6-10-25)26(30)23-13-11-22(12-14-23)21-7-3-1-4-8-21/h1-14,24,26,30H,15-18,20H2/t24-,26+/m0/s1. The average molecular weight is 398 g/mol. The lowest BCUT2D eigenvalue weighted by atomic mass is 9.94. The lowest BCUT2D eigenvalue weighted by molar-refractivity contribution is 0.104. The second-order valence-corrected chi connectivity index (χ2v) is 7.79. The molecule has 0 bridgehead atoms. The fraction of sp³-hybridized carbons (Fsp3) is 0.269. The molecule has 0 unspecified atom stereocenters. The van der Waals surface area contributed by atoms with Gasteiger partial charge in [0.1, 0.15) is 0 Å². The van der Waals surface area contributed by atoms with Crippen LogP contribution in [0.2, 0.25) is 0 Å². The topological polar surface area (TPSA) is 50.5 Å². The van der Waals surface area contributed by atoms with E-state index >= 15 is 0 Å². The van der Waals surface area contributed by atoms with Crippen molar-refractivity contribution in [3.05, 3.63) is 90.5 Å². The second-order valence-electron chi connectivity index (χ2n) is 7.79. The first-order chi connectivity index (χ1) is 14.7. The largest absolute Gasteiger partial charge is 0.387 e. The first-order valence-corrected chi connectivity index (χ1v) is 10.5. The molecule has 1 aliphatic heterocycles. The van der Waals surface area contributed by atoms with Crippen molar-refractivity contribution in [2.75, 3.05) is 37.6 Å². The van der Waals surface area contributed by atoms with Gasteiger partial charge in [-0.2, -0.15) is 5.26 Å². The Morgan fingerprint density at radius 2 is 1.33 bits per heavy atom. The van der Waals surface area contributed by atoms with Gasteiger partial charge in [0.2, 0.25) is 0 Å². The van der Waals surface area contributed by atoms with Gasteiger partial charge >= 0.3 is 0 Å². The molecule has 1 saturated heterocycles. The molecule has 0 aliphatic carbocycles. The van der Waals surface area contributed by atoms with Gasteiger partial charge in [-0.05, 0) is 28.8 Å². The summed E-state index contributed by atoms with van der Waals surface area (Å²) in [6.07, 6.45) is -0.785. The van der Waals surface area contributed by atoms with Gasteiger partial charge < -0.3 is 10.0 Å². The van der Waals surface area contributed by atoms with Crippen LogP contribution in [0.5, 0.6) is 0 Å². The Kier molecular flexibility index (Phi) is 6.44. The maximum absolute atomic E-state index is 10.8. The number of piperazine rings is 1. The highest BCUT2D eigenvalue weighted by atomic mass is 16.3. The summed E-state index contributed by atoms with van der Waals surface area (Å²) < 4.78 is 0. The second kappa shape index (κ2) is 9.58. The van der Waals surface area contributed by atoms with E-state index in [4.69, 9.17) is 0 Å². The van der Waals surface area contributed by atoms with Crippen LogP contribution in [0.1, 0.15) is 11.7 Å². The maximum atomic E-state index is 10.8. The van der Waals surface area contributed by atoms with E-state index in [2.05, 4.69) is 52.3 Å². The van der Waals surface area contributed by atoms with Crippen LogP contribution in [-0.2, 0) is 0 Å². The van der Waals surface area contributed by atoms with Crippen molar-refractivity contribution in [2.45, 2.75) is 6.10 Å². The van der Waals surface area contributed by atoms with Gasteiger partial charge in [0.25, 0.3) is 0 Å². The molecule has 3 aromatic rings. The van der Waals surface area contributed by atoms with Crippen molar-refractivity contribution in [2.24, 2.45) is 5.92 Å². The Balaban J connectivity index is 1.35. The summed E-state index contributed by atoms with van der Waals surface area (Å²) >= 11 is 0. The van der Waals surface area contributed by atoms with Gasteiger partial charge in [0.15, 0.2) is 0 Å². The van der Waals surface area contributed by atoms with Crippen molar-refractivity contribution in [3.8, 4) is 17.2 Å². The first-order valence-electron chi connectivity index (χ1n) is 10.5. The monoisotopic (exact) mass is 397 g/mol. The molecule has 1 fully saturated rings. The van der Waals surface area contributed by atoms with E-state index in [1.807, 2.05) is 48.5 Å². The minimum absolute atomic E-state index is 0.448. The molecule has 4 heteroatoms. The Hall–Kier alpha value is -3.13. The number of aliphatic hydroxyl groups excluding tert-OH is 1. The van der Waals surface area contributed by atoms with Crippen LogP contribution in [0.15, 0.2) is 84.9 Å². The van der Waals surface area contributed by atoms with Crippen LogP contribution in [-0.4, -0.2) is 42.7 Å². The number of hydrogen-bond acceptors (Lipinski definition) is 4. The molecule has 0 aromatic heterocycles. The van der Waals surface area contributed by atoms with E-state index in [0.717, 1.165) is 42.9 Å². The number of nitrogens with zero attached hydrogens (tertiary/aromatic N) is 3. The molecule has 4 rings (SSSR count). The summed E-state index contributed by atoms with van der Waals surface area (Å²) in [5.74, 6) is -0.448. The predicted octanol–water partition coefficient (Wildman–Crippen LogP) is 4.35. The normalized spacial score (nSPS) is 16.6. The van der Waals surface area contributed by atoms with Crippen LogP contribution in [0.4, 0.5) is 5.69 Å². The lowest BCUT2D eigenvalue weighted by Crippen LogP contribution is -2.48. The molecule has 1 aliphatic rings. The van der Waals surface area contributed by atoms with Crippen molar-refractivity contribution in [1.82, 2.24) is 4.90 Å². The SMILES string of the molecule is N#C[C@@H](CN1CCN(c2ccccc2)CC1)[C@H](O)c1ccc(-c2ccccc2)cc1. The molecule has 152 valence electrons. The van der Waals surface area contributed by atoms with Crippen molar-refractivity contribution < 1.29 is 5.11 Å². The quantitative estimate of drug-likeness (QED) is 0.672. The summed E-state index contributed by atoms with van der Waals surface area (Å²) in [5.41, 5.74) is 4.29. The molecule has 0 saturated carbocycles. The maximum Gasteiger partial charge on any atom is 0.0960 e. The summed E-state index contributed by atoms with van der Waals surface area (Å²) in [5, 5.41) is 20.5. The number of rotatable bonds is 6. The van der Waals surface area contributed by atoms with Crippen LogP contribution in [0.25, 0.3) is 11.1 Å². The fourth-order valence-electron chi connectivity index (χ4n) is 4.05. The zero-order valence-corrected chi connectivity index (χ0v) is 17.1. The van der Waals surface area contributed by atoms with Crippen LogP contribution >= 0.6 is 0 Å². The Labute approximate surface area is 178 Å². The van der Waals surface area contributed by atoms with Crippen molar-refractivity contribution in [3.63, 3.8) is 0 Å². The summed E-state index contributed by atoms with van der Waals surface area (Å²) in [4.78, 5) is 4.66. The highest BCUT2D eigenvalue weighted by Gasteiger charge is 2.26. The van der Waals surface area contributed by atoms with E-state index in [1.165, 1.54) is 5.69 Å².